The molecule has 0 atom stereocenters. The molecule has 0 N–H and O–H groups in total. The third-order valence-electron chi connectivity index (χ3n) is 4.36. The van der Waals surface area contributed by atoms with Crippen LogP contribution in [0.25, 0.3) is 10.2 Å². The Bertz CT molecular complexity index is 902. The Morgan fingerprint density at radius 2 is 2.04 bits per heavy atom. The van der Waals surface area contributed by atoms with E-state index in [1.165, 1.54) is 11.3 Å². The van der Waals surface area contributed by atoms with Gasteiger partial charge in [-0.15, -0.1) is 0 Å². The van der Waals surface area contributed by atoms with Crippen molar-refractivity contribution in [1.29, 1.82) is 0 Å². The van der Waals surface area contributed by atoms with E-state index in [-0.39, 0.29) is 5.91 Å². The normalized spacial score (nSPS) is 11.4. The number of carbonyl (C=O) groups excluding carboxylic acids is 1. The number of anilines is 1. The largest absolute Gasteiger partial charge is 0.330 e. The molecule has 2 aromatic heterocycles. The molecule has 0 unspecified atom stereocenters. The molecular formula is C18H22BrN5OS. The van der Waals surface area contributed by atoms with E-state index in [1.807, 2.05) is 25.2 Å². The van der Waals surface area contributed by atoms with Crippen molar-refractivity contribution in [1.82, 2.24) is 19.4 Å². The molecule has 0 saturated carbocycles. The van der Waals surface area contributed by atoms with Crippen LogP contribution in [0.4, 0.5) is 5.13 Å². The molecule has 2 heterocycles. The molecule has 0 bridgehead atoms. The Hall–Kier alpha value is -1.77. The number of aryl methyl sites for hydroxylation is 1. The number of imidazole rings is 1. The first kappa shape index (κ1) is 19.0. The molecule has 3 aromatic rings. The molecule has 0 radical (unpaired) electrons. The summed E-state index contributed by atoms with van der Waals surface area (Å²) in [6, 6.07) is 5.96. The van der Waals surface area contributed by atoms with Gasteiger partial charge in [-0.2, -0.15) is 0 Å². The summed E-state index contributed by atoms with van der Waals surface area (Å²) >= 11 is 5.02. The van der Waals surface area contributed by atoms with Crippen molar-refractivity contribution in [2.45, 2.75) is 13.8 Å². The number of likely N-dealkylation sites (N-methyl/N-ethyl adjacent to an activating group) is 1. The Morgan fingerprint density at radius 1 is 1.27 bits per heavy atom. The van der Waals surface area contributed by atoms with E-state index in [0.29, 0.717) is 17.5 Å². The third-order valence-corrected chi connectivity index (χ3v) is 5.90. The minimum absolute atomic E-state index is 0.122. The van der Waals surface area contributed by atoms with Crippen molar-refractivity contribution in [3.63, 3.8) is 0 Å². The first-order valence-corrected chi connectivity index (χ1v) is 10.2. The van der Waals surface area contributed by atoms with Gasteiger partial charge in [0.25, 0.3) is 5.91 Å². The van der Waals surface area contributed by atoms with Gasteiger partial charge in [-0.3, -0.25) is 9.69 Å². The topological polar surface area (TPSA) is 54.3 Å². The van der Waals surface area contributed by atoms with Gasteiger partial charge >= 0.3 is 0 Å². The number of hydrogen-bond donors (Lipinski definition) is 0. The van der Waals surface area contributed by atoms with Crippen molar-refractivity contribution in [2.75, 3.05) is 31.1 Å². The molecule has 138 valence electrons. The molecule has 0 spiro atoms. The van der Waals surface area contributed by atoms with Crippen molar-refractivity contribution in [3.8, 4) is 0 Å². The number of hydrogen-bond acceptors (Lipinski definition) is 5. The molecule has 0 aliphatic heterocycles. The Balaban J connectivity index is 1.95. The predicted molar refractivity (Wildman–Crippen MR) is 110 cm³/mol. The van der Waals surface area contributed by atoms with Gasteiger partial charge in [0.2, 0.25) is 0 Å². The average Bonchev–Trinajstić information content (AvgIpc) is 3.23. The third kappa shape index (κ3) is 3.97. The van der Waals surface area contributed by atoms with Crippen LogP contribution in [-0.4, -0.2) is 51.5 Å². The fourth-order valence-electron chi connectivity index (χ4n) is 2.76. The minimum Gasteiger partial charge on any atom is -0.330 e. The van der Waals surface area contributed by atoms with E-state index in [0.717, 1.165) is 34.3 Å². The Labute approximate surface area is 165 Å². The van der Waals surface area contributed by atoms with Crippen molar-refractivity contribution in [3.05, 3.63) is 40.9 Å². The van der Waals surface area contributed by atoms with Crippen LogP contribution in [-0.2, 0) is 7.05 Å². The second-order valence-electron chi connectivity index (χ2n) is 5.95. The molecule has 0 saturated heterocycles. The van der Waals surface area contributed by atoms with Crippen LogP contribution in [0.3, 0.4) is 0 Å². The number of benzene rings is 1. The number of fused-ring (bicyclic) bond motifs is 1. The Morgan fingerprint density at radius 3 is 2.69 bits per heavy atom. The van der Waals surface area contributed by atoms with Crippen molar-refractivity contribution in [2.24, 2.45) is 7.05 Å². The van der Waals surface area contributed by atoms with Gasteiger partial charge in [-0.05, 0) is 31.3 Å². The van der Waals surface area contributed by atoms with E-state index in [4.69, 9.17) is 4.98 Å². The van der Waals surface area contributed by atoms with Gasteiger partial charge < -0.3 is 9.47 Å². The second kappa shape index (κ2) is 8.28. The molecule has 0 fully saturated rings. The lowest BCUT2D eigenvalue weighted by molar-refractivity contribution is 0.0971. The van der Waals surface area contributed by atoms with Crippen molar-refractivity contribution < 1.29 is 4.79 Å². The quantitative estimate of drug-likeness (QED) is 0.566. The van der Waals surface area contributed by atoms with Crippen LogP contribution in [0, 0.1) is 0 Å². The smallest absolute Gasteiger partial charge is 0.296 e. The number of thiazole rings is 1. The highest BCUT2D eigenvalue weighted by Crippen LogP contribution is 2.31. The standard InChI is InChI=1S/C18H22BrN5OS/c1-4-23(5-2)10-11-24(17(25)16-20-8-9-22(16)3)18-21-14-7-6-13(19)12-15(14)26-18/h6-9,12H,4-5,10-11H2,1-3H3. The summed E-state index contributed by atoms with van der Waals surface area (Å²) in [7, 11) is 1.83. The molecule has 1 aromatic carbocycles. The van der Waals surface area contributed by atoms with Crippen LogP contribution in [0.5, 0.6) is 0 Å². The van der Waals surface area contributed by atoms with E-state index in [2.05, 4.69) is 39.7 Å². The lowest BCUT2D eigenvalue weighted by atomic mass is 10.3. The molecule has 3 rings (SSSR count). The zero-order valence-corrected chi connectivity index (χ0v) is 17.5. The maximum atomic E-state index is 13.1. The summed E-state index contributed by atoms with van der Waals surface area (Å²) in [4.78, 5) is 26.1. The average molecular weight is 436 g/mol. The van der Waals surface area contributed by atoms with E-state index in [1.54, 1.807) is 21.9 Å². The number of aromatic nitrogens is 3. The lowest BCUT2D eigenvalue weighted by Gasteiger charge is -2.24. The predicted octanol–water partition coefficient (Wildman–Crippen LogP) is 3.78. The fraction of sp³-hybridized carbons (Fsp3) is 0.389. The minimum atomic E-state index is -0.122. The van der Waals surface area contributed by atoms with Crippen LogP contribution in [0.15, 0.2) is 35.1 Å². The first-order chi connectivity index (χ1) is 12.5. The molecule has 1 amide bonds. The van der Waals surface area contributed by atoms with Crippen LogP contribution < -0.4 is 4.90 Å². The number of halogens is 1. The van der Waals surface area contributed by atoms with Gasteiger partial charge in [0.05, 0.1) is 10.2 Å². The van der Waals surface area contributed by atoms with E-state index in [9.17, 15) is 4.79 Å². The number of nitrogens with zero attached hydrogens (tertiary/aromatic N) is 5. The summed E-state index contributed by atoms with van der Waals surface area (Å²) < 4.78 is 3.80. The van der Waals surface area contributed by atoms with E-state index >= 15 is 0 Å². The fourth-order valence-corrected chi connectivity index (χ4v) is 4.30. The molecule has 0 aliphatic carbocycles. The van der Waals surface area contributed by atoms with Crippen LogP contribution >= 0.6 is 27.3 Å². The van der Waals surface area contributed by atoms with Crippen LogP contribution in [0.1, 0.15) is 24.5 Å². The maximum Gasteiger partial charge on any atom is 0.296 e. The number of carbonyl (C=O) groups is 1. The first-order valence-electron chi connectivity index (χ1n) is 8.61. The second-order valence-corrected chi connectivity index (χ2v) is 7.88. The van der Waals surface area contributed by atoms with Gasteiger partial charge in [0, 0.05) is 37.0 Å². The zero-order chi connectivity index (χ0) is 18.7. The summed E-state index contributed by atoms with van der Waals surface area (Å²) in [6.07, 6.45) is 3.43. The Kier molecular flexibility index (Phi) is 6.05. The molecule has 8 heteroatoms. The van der Waals surface area contributed by atoms with Gasteiger partial charge in [0.15, 0.2) is 11.0 Å². The van der Waals surface area contributed by atoms with Gasteiger partial charge in [0.1, 0.15) is 0 Å². The summed E-state index contributed by atoms with van der Waals surface area (Å²) in [5.41, 5.74) is 0.897. The number of rotatable bonds is 7. The van der Waals surface area contributed by atoms with E-state index < -0.39 is 0 Å². The summed E-state index contributed by atoms with van der Waals surface area (Å²) in [5, 5.41) is 0.707. The monoisotopic (exact) mass is 435 g/mol. The molecular weight excluding hydrogens is 414 g/mol. The summed E-state index contributed by atoms with van der Waals surface area (Å²) in [6.45, 7) is 7.53. The highest BCUT2D eigenvalue weighted by molar-refractivity contribution is 9.10. The molecule has 26 heavy (non-hydrogen) atoms. The molecule has 0 aliphatic rings. The highest BCUT2D eigenvalue weighted by Gasteiger charge is 2.24. The maximum absolute atomic E-state index is 13.1. The van der Waals surface area contributed by atoms with Gasteiger partial charge in [-0.25, -0.2) is 9.97 Å². The lowest BCUT2D eigenvalue weighted by Crippen LogP contribution is -2.39. The zero-order valence-electron chi connectivity index (χ0n) is 15.1. The van der Waals surface area contributed by atoms with Crippen LogP contribution in [0.2, 0.25) is 0 Å². The highest BCUT2D eigenvalue weighted by atomic mass is 79.9. The summed E-state index contributed by atoms with van der Waals surface area (Å²) in [5.74, 6) is 0.299. The number of amides is 1. The molecule has 6 nitrogen and oxygen atoms in total. The van der Waals surface area contributed by atoms with Crippen molar-refractivity contribution >= 4 is 48.5 Å². The SMILES string of the molecule is CCN(CC)CCN(C(=O)c1nccn1C)c1nc2ccc(Br)cc2s1. The van der Waals surface area contributed by atoms with Gasteiger partial charge in [-0.1, -0.05) is 41.1 Å².